The predicted octanol–water partition coefficient (Wildman–Crippen LogP) is 5.02. The summed E-state index contributed by atoms with van der Waals surface area (Å²) in [6.45, 7) is 3.53. The van der Waals surface area contributed by atoms with Crippen LogP contribution in [0.4, 0.5) is 0 Å². The van der Waals surface area contributed by atoms with Crippen LogP contribution in [0.2, 0.25) is 0 Å². The standard InChI is InChI=1S/C34H39N3O5S/c1-5-25(2)35-34(39)32(21-26-12-7-6-8-13-26)37(23-27-14-11-17-30(20-27)42-4)33(38)24-36(3)43(40,41)31-19-18-28-15-9-10-16-29(28)22-31/h6-20,22,25,32H,5,21,23-24H2,1-4H3,(H,35,39). The number of rotatable bonds is 13. The van der Waals surface area contributed by atoms with Gasteiger partial charge in [0, 0.05) is 26.1 Å². The third-order valence-corrected chi connectivity index (χ3v) is 9.35. The van der Waals surface area contributed by atoms with E-state index in [4.69, 9.17) is 4.74 Å². The van der Waals surface area contributed by atoms with E-state index in [-0.39, 0.29) is 29.8 Å². The molecule has 0 spiro atoms. The Labute approximate surface area is 254 Å². The molecule has 0 aliphatic heterocycles. The third-order valence-electron chi connectivity index (χ3n) is 7.55. The van der Waals surface area contributed by atoms with E-state index < -0.39 is 28.5 Å². The number of carbonyl (C=O) groups is 2. The van der Waals surface area contributed by atoms with Crippen LogP contribution >= 0.6 is 0 Å². The van der Waals surface area contributed by atoms with Crippen molar-refractivity contribution in [2.45, 2.75) is 50.2 Å². The van der Waals surface area contributed by atoms with Gasteiger partial charge in [0.15, 0.2) is 0 Å². The maximum Gasteiger partial charge on any atom is 0.243 e. The van der Waals surface area contributed by atoms with Crippen molar-refractivity contribution in [1.82, 2.24) is 14.5 Å². The summed E-state index contributed by atoms with van der Waals surface area (Å²) in [6, 6.07) is 28.2. The van der Waals surface area contributed by atoms with Crippen molar-refractivity contribution in [3.8, 4) is 5.75 Å². The number of sulfonamides is 1. The molecule has 226 valence electrons. The zero-order valence-corrected chi connectivity index (χ0v) is 25.9. The molecule has 0 aromatic heterocycles. The van der Waals surface area contributed by atoms with Crippen molar-refractivity contribution in [1.29, 1.82) is 0 Å². The number of hydrogen-bond donors (Lipinski definition) is 1. The van der Waals surface area contributed by atoms with Crippen LogP contribution in [0.15, 0.2) is 102 Å². The number of likely N-dealkylation sites (N-methyl/N-ethyl adjacent to an activating group) is 1. The van der Waals surface area contributed by atoms with E-state index in [1.165, 1.54) is 11.9 Å². The summed E-state index contributed by atoms with van der Waals surface area (Å²) in [7, 11) is -1.06. The molecule has 0 heterocycles. The number of benzene rings is 4. The number of hydrogen-bond acceptors (Lipinski definition) is 5. The minimum absolute atomic E-state index is 0.0886. The van der Waals surface area contributed by atoms with Gasteiger partial charge in [-0.1, -0.05) is 79.7 Å². The van der Waals surface area contributed by atoms with Gasteiger partial charge in [-0.05, 0) is 59.5 Å². The fourth-order valence-electron chi connectivity index (χ4n) is 4.84. The number of amides is 2. The Kier molecular flexibility index (Phi) is 10.6. The van der Waals surface area contributed by atoms with E-state index in [0.717, 1.165) is 32.6 Å². The average Bonchev–Trinajstić information content (AvgIpc) is 3.02. The zero-order valence-electron chi connectivity index (χ0n) is 25.1. The Morgan fingerprint density at radius 1 is 0.860 bits per heavy atom. The fourth-order valence-corrected chi connectivity index (χ4v) is 5.99. The summed E-state index contributed by atoms with van der Waals surface area (Å²) in [5.41, 5.74) is 1.63. The van der Waals surface area contributed by atoms with Crippen LogP contribution in [-0.4, -0.2) is 62.2 Å². The molecule has 0 bridgehead atoms. The Bertz CT molecular complexity index is 1660. The van der Waals surface area contributed by atoms with E-state index in [9.17, 15) is 18.0 Å². The Morgan fingerprint density at radius 3 is 2.23 bits per heavy atom. The molecule has 9 heteroatoms. The smallest absolute Gasteiger partial charge is 0.243 e. The highest BCUT2D eigenvalue weighted by Crippen LogP contribution is 2.23. The first-order valence-corrected chi connectivity index (χ1v) is 15.8. The second kappa shape index (κ2) is 14.3. The molecule has 2 atom stereocenters. The number of nitrogens with one attached hydrogen (secondary N) is 1. The molecule has 0 radical (unpaired) electrons. The lowest BCUT2D eigenvalue weighted by Gasteiger charge is -2.33. The van der Waals surface area contributed by atoms with Crippen LogP contribution in [-0.2, 0) is 32.6 Å². The van der Waals surface area contributed by atoms with Gasteiger partial charge in [0.2, 0.25) is 21.8 Å². The molecule has 2 amide bonds. The first kappa shape index (κ1) is 31.7. The van der Waals surface area contributed by atoms with Crippen molar-refractivity contribution in [3.63, 3.8) is 0 Å². The summed E-state index contributed by atoms with van der Waals surface area (Å²) in [5, 5.41) is 4.73. The molecule has 0 saturated carbocycles. The molecular weight excluding hydrogens is 562 g/mol. The first-order chi connectivity index (χ1) is 20.6. The monoisotopic (exact) mass is 601 g/mol. The largest absolute Gasteiger partial charge is 0.497 e. The van der Waals surface area contributed by atoms with Gasteiger partial charge >= 0.3 is 0 Å². The van der Waals surface area contributed by atoms with Crippen LogP contribution in [0.5, 0.6) is 5.75 Å². The van der Waals surface area contributed by atoms with Crippen LogP contribution in [0, 0.1) is 0 Å². The lowest BCUT2D eigenvalue weighted by Crippen LogP contribution is -2.54. The summed E-state index contributed by atoms with van der Waals surface area (Å²) in [4.78, 5) is 29.4. The maximum atomic E-state index is 14.1. The molecule has 4 aromatic rings. The van der Waals surface area contributed by atoms with E-state index >= 15 is 0 Å². The van der Waals surface area contributed by atoms with Crippen molar-refractivity contribution >= 4 is 32.6 Å². The first-order valence-electron chi connectivity index (χ1n) is 14.3. The lowest BCUT2D eigenvalue weighted by atomic mass is 10.0. The number of nitrogens with zero attached hydrogens (tertiary/aromatic N) is 2. The molecule has 8 nitrogen and oxygen atoms in total. The Balaban J connectivity index is 1.69. The zero-order chi connectivity index (χ0) is 31.0. The molecule has 43 heavy (non-hydrogen) atoms. The van der Waals surface area contributed by atoms with Gasteiger partial charge in [-0.2, -0.15) is 4.31 Å². The van der Waals surface area contributed by atoms with Gasteiger partial charge in [-0.25, -0.2) is 8.42 Å². The second-order valence-electron chi connectivity index (χ2n) is 10.7. The number of ether oxygens (including phenoxy) is 1. The van der Waals surface area contributed by atoms with E-state index in [1.807, 2.05) is 86.6 Å². The van der Waals surface area contributed by atoms with Gasteiger partial charge < -0.3 is 15.0 Å². The van der Waals surface area contributed by atoms with Crippen molar-refractivity contribution in [2.75, 3.05) is 20.7 Å². The molecule has 0 aliphatic carbocycles. The summed E-state index contributed by atoms with van der Waals surface area (Å²) < 4.78 is 33.7. The number of fused-ring (bicyclic) bond motifs is 1. The van der Waals surface area contributed by atoms with Crippen molar-refractivity contribution in [3.05, 3.63) is 108 Å². The number of methoxy groups -OCH3 is 1. The van der Waals surface area contributed by atoms with E-state index in [1.54, 1.807) is 31.4 Å². The van der Waals surface area contributed by atoms with E-state index in [0.29, 0.717) is 5.75 Å². The summed E-state index contributed by atoms with van der Waals surface area (Å²) >= 11 is 0. The molecule has 0 saturated heterocycles. The second-order valence-corrected chi connectivity index (χ2v) is 12.7. The number of carbonyl (C=O) groups excluding carboxylic acids is 2. The van der Waals surface area contributed by atoms with Crippen LogP contribution in [0.3, 0.4) is 0 Å². The lowest BCUT2D eigenvalue weighted by molar-refractivity contribution is -0.141. The molecular formula is C34H39N3O5S. The maximum absolute atomic E-state index is 14.1. The fraction of sp³-hybridized carbons (Fsp3) is 0.294. The molecule has 0 aliphatic rings. The summed E-state index contributed by atoms with van der Waals surface area (Å²) in [5.74, 6) is -0.172. The van der Waals surface area contributed by atoms with Crippen LogP contribution in [0.25, 0.3) is 10.8 Å². The predicted molar refractivity (Wildman–Crippen MR) is 169 cm³/mol. The quantitative estimate of drug-likeness (QED) is 0.232. The Morgan fingerprint density at radius 2 is 1.53 bits per heavy atom. The Hall–Kier alpha value is -4.21. The summed E-state index contributed by atoms with van der Waals surface area (Å²) in [6.07, 6.45) is 0.986. The molecule has 1 N–H and O–H groups in total. The van der Waals surface area contributed by atoms with E-state index in [2.05, 4.69) is 5.32 Å². The van der Waals surface area contributed by atoms with Gasteiger partial charge in [-0.3, -0.25) is 9.59 Å². The highest BCUT2D eigenvalue weighted by Gasteiger charge is 2.33. The normalized spacial score (nSPS) is 13.0. The SMILES string of the molecule is CCC(C)NC(=O)C(Cc1ccccc1)N(Cc1cccc(OC)c1)C(=O)CN(C)S(=O)(=O)c1ccc2ccccc2c1. The highest BCUT2D eigenvalue weighted by molar-refractivity contribution is 7.89. The average molecular weight is 602 g/mol. The highest BCUT2D eigenvalue weighted by atomic mass is 32.2. The van der Waals surface area contributed by atoms with Crippen molar-refractivity contribution in [2.24, 2.45) is 0 Å². The molecule has 4 rings (SSSR count). The van der Waals surface area contributed by atoms with Gasteiger partial charge in [0.1, 0.15) is 11.8 Å². The molecule has 0 fully saturated rings. The van der Waals surface area contributed by atoms with Crippen molar-refractivity contribution < 1.29 is 22.7 Å². The van der Waals surface area contributed by atoms with Gasteiger partial charge in [-0.15, -0.1) is 0 Å². The topological polar surface area (TPSA) is 96.0 Å². The van der Waals surface area contributed by atoms with Gasteiger partial charge in [0.25, 0.3) is 0 Å². The minimum Gasteiger partial charge on any atom is -0.497 e. The van der Waals surface area contributed by atoms with Gasteiger partial charge in [0.05, 0.1) is 18.6 Å². The van der Waals surface area contributed by atoms with Crippen LogP contribution < -0.4 is 10.1 Å². The molecule has 2 unspecified atom stereocenters. The molecule has 4 aromatic carbocycles. The van der Waals surface area contributed by atoms with Crippen LogP contribution in [0.1, 0.15) is 31.4 Å². The minimum atomic E-state index is -4.01. The third kappa shape index (κ3) is 8.00.